The van der Waals surface area contributed by atoms with Crippen molar-refractivity contribution in [3.05, 3.63) is 28.2 Å². The molecule has 0 spiro atoms. The molecule has 84 valence electrons. The Morgan fingerprint density at radius 3 is 2.88 bits per heavy atom. The maximum absolute atomic E-state index is 9.01. The van der Waals surface area contributed by atoms with Crippen LogP contribution in [0.2, 0.25) is 0 Å². The predicted octanol–water partition coefficient (Wildman–Crippen LogP) is 2.47. The van der Waals surface area contributed by atoms with Gasteiger partial charge in [0.2, 0.25) is 0 Å². The number of hydrogen-bond donors (Lipinski definition) is 2. The molecule has 0 saturated heterocycles. The van der Waals surface area contributed by atoms with E-state index in [0.29, 0.717) is 24.1 Å². The fraction of sp³-hybridized carbons (Fsp3) is 0.417. The number of nitriles is 1. The second-order valence-electron chi connectivity index (χ2n) is 4.13. The standard InChI is InChI=1S/C12H14BrN3/c13-10-4-3-9(6-14)11(5-10)16-12(7-15)8-1-2-8/h3-5,8,12,16H,1-2,7,15H2. The Balaban J connectivity index is 2.18. The number of rotatable bonds is 4. The lowest BCUT2D eigenvalue weighted by atomic mass is 10.1. The number of halogens is 1. The zero-order valence-electron chi connectivity index (χ0n) is 8.91. The second kappa shape index (κ2) is 4.86. The van der Waals surface area contributed by atoms with E-state index in [1.165, 1.54) is 12.8 Å². The molecule has 3 N–H and O–H groups in total. The van der Waals surface area contributed by atoms with E-state index in [9.17, 15) is 0 Å². The van der Waals surface area contributed by atoms with Gasteiger partial charge in [-0.15, -0.1) is 0 Å². The lowest BCUT2D eigenvalue weighted by Gasteiger charge is -2.18. The van der Waals surface area contributed by atoms with Gasteiger partial charge in [0, 0.05) is 17.1 Å². The summed E-state index contributed by atoms with van der Waals surface area (Å²) in [5, 5.41) is 12.4. The maximum atomic E-state index is 9.01. The van der Waals surface area contributed by atoms with Gasteiger partial charge in [-0.1, -0.05) is 15.9 Å². The van der Waals surface area contributed by atoms with Gasteiger partial charge in [-0.3, -0.25) is 0 Å². The maximum Gasteiger partial charge on any atom is 0.101 e. The highest BCUT2D eigenvalue weighted by Gasteiger charge is 2.30. The first kappa shape index (κ1) is 11.4. The highest BCUT2D eigenvalue weighted by molar-refractivity contribution is 9.10. The molecule has 1 aliphatic rings. The molecule has 4 heteroatoms. The summed E-state index contributed by atoms with van der Waals surface area (Å²) in [5.74, 6) is 0.676. The average molecular weight is 280 g/mol. The van der Waals surface area contributed by atoms with Crippen molar-refractivity contribution in [2.45, 2.75) is 18.9 Å². The number of nitrogens with zero attached hydrogens (tertiary/aromatic N) is 1. The first-order valence-corrected chi connectivity index (χ1v) is 6.20. The molecule has 1 aliphatic carbocycles. The Morgan fingerprint density at radius 1 is 1.56 bits per heavy atom. The minimum atomic E-state index is 0.293. The topological polar surface area (TPSA) is 61.8 Å². The van der Waals surface area contributed by atoms with Crippen LogP contribution in [0.4, 0.5) is 5.69 Å². The van der Waals surface area contributed by atoms with Crippen molar-refractivity contribution in [3.63, 3.8) is 0 Å². The molecule has 0 aromatic heterocycles. The van der Waals surface area contributed by atoms with Gasteiger partial charge in [-0.25, -0.2) is 0 Å². The van der Waals surface area contributed by atoms with Gasteiger partial charge in [0.15, 0.2) is 0 Å². The molecule has 0 aliphatic heterocycles. The quantitative estimate of drug-likeness (QED) is 0.890. The van der Waals surface area contributed by atoms with Crippen molar-refractivity contribution < 1.29 is 0 Å². The fourth-order valence-electron chi connectivity index (χ4n) is 1.80. The van der Waals surface area contributed by atoms with Gasteiger partial charge in [0.05, 0.1) is 11.3 Å². The van der Waals surface area contributed by atoms with Gasteiger partial charge in [-0.2, -0.15) is 5.26 Å². The molecule has 3 nitrogen and oxygen atoms in total. The highest BCUT2D eigenvalue weighted by atomic mass is 79.9. The first-order valence-electron chi connectivity index (χ1n) is 5.41. The SMILES string of the molecule is N#Cc1ccc(Br)cc1NC(CN)C1CC1. The Labute approximate surface area is 104 Å². The van der Waals surface area contributed by atoms with E-state index >= 15 is 0 Å². The predicted molar refractivity (Wildman–Crippen MR) is 68.0 cm³/mol. The van der Waals surface area contributed by atoms with Crippen LogP contribution in [-0.2, 0) is 0 Å². The third kappa shape index (κ3) is 2.55. The number of anilines is 1. The van der Waals surface area contributed by atoms with Crippen LogP contribution >= 0.6 is 15.9 Å². The molecular formula is C12H14BrN3. The molecule has 16 heavy (non-hydrogen) atoms. The van der Waals surface area contributed by atoms with Gasteiger partial charge in [0.25, 0.3) is 0 Å². The fourth-order valence-corrected chi connectivity index (χ4v) is 2.16. The van der Waals surface area contributed by atoms with Crippen molar-refractivity contribution in [2.75, 3.05) is 11.9 Å². The molecule has 0 amide bonds. The molecule has 1 aromatic rings. The van der Waals surface area contributed by atoms with E-state index in [-0.39, 0.29) is 0 Å². The van der Waals surface area contributed by atoms with Crippen molar-refractivity contribution in [3.8, 4) is 6.07 Å². The minimum Gasteiger partial charge on any atom is -0.380 e. The average Bonchev–Trinajstić information content (AvgIpc) is 3.10. The van der Waals surface area contributed by atoms with Crippen LogP contribution in [0.3, 0.4) is 0 Å². The van der Waals surface area contributed by atoms with Gasteiger partial charge in [-0.05, 0) is 37.0 Å². The summed E-state index contributed by atoms with van der Waals surface area (Å²) in [7, 11) is 0. The molecule has 0 bridgehead atoms. The van der Waals surface area contributed by atoms with Crippen LogP contribution in [0, 0.1) is 17.2 Å². The van der Waals surface area contributed by atoms with Crippen LogP contribution in [0.1, 0.15) is 18.4 Å². The number of nitrogens with one attached hydrogen (secondary N) is 1. The molecular weight excluding hydrogens is 266 g/mol. The Bertz CT molecular complexity index is 421. The summed E-state index contributed by atoms with van der Waals surface area (Å²) in [5.41, 5.74) is 7.28. The number of nitrogens with two attached hydrogens (primary N) is 1. The molecule has 1 fully saturated rings. The molecule has 0 radical (unpaired) electrons. The van der Waals surface area contributed by atoms with Crippen molar-refractivity contribution in [1.29, 1.82) is 5.26 Å². The van der Waals surface area contributed by atoms with Crippen LogP contribution < -0.4 is 11.1 Å². The monoisotopic (exact) mass is 279 g/mol. The third-order valence-electron chi connectivity index (χ3n) is 2.89. The van der Waals surface area contributed by atoms with Crippen molar-refractivity contribution >= 4 is 21.6 Å². The van der Waals surface area contributed by atoms with E-state index in [4.69, 9.17) is 11.0 Å². The number of benzene rings is 1. The first-order chi connectivity index (χ1) is 7.74. The van der Waals surface area contributed by atoms with Gasteiger partial charge in [0.1, 0.15) is 6.07 Å². The van der Waals surface area contributed by atoms with E-state index in [1.807, 2.05) is 18.2 Å². The normalized spacial score (nSPS) is 16.6. The highest BCUT2D eigenvalue weighted by Crippen LogP contribution is 2.34. The van der Waals surface area contributed by atoms with Crippen molar-refractivity contribution in [1.82, 2.24) is 0 Å². The van der Waals surface area contributed by atoms with Crippen molar-refractivity contribution in [2.24, 2.45) is 11.7 Å². The Kier molecular flexibility index (Phi) is 3.47. The smallest absolute Gasteiger partial charge is 0.101 e. The minimum absolute atomic E-state index is 0.293. The summed E-state index contributed by atoms with van der Waals surface area (Å²) >= 11 is 3.41. The summed E-state index contributed by atoms with van der Waals surface area (Å²) in [6.45, 7) is 0.613. The van der Waals surface area contributed by atoms with Gasteiger partial charge < -0.3 is 11.1 Å². The van der Waals surface area contributed by atoms with E-state index in [0.717, 1.165) is 10.2 Å². The lowest BCUT2D eigenvalue weighted by molar-refractivity contribution is 0.645. The summed E-state index contributed by atoms with van der Waals surface area (Å²) in [6.07, 6.45) is 2.48. The molecule has 1 atom stereocenters. The van der Waals surface area contributed by atoms with Crippen LogP contribution in [0.5, 0.6) is 0 Å². The molecule has 1 aromatic carbocycles. The zero-order valence-corrected chi connectivity index (χ0v) is 10.5. The second-order valence-corrected chi connectivity index (χ2v) is 5.04. The Hall–Kier alpha value is -1.05. The molecule has 2 rings (SSSR count). The summed E-state index contributed by atoms with van der Waals surface area (Å²) in [4.78, 5) is 0. The zero-order chi connectivity index (χ0) is 11.5. The number of hydrogen-bond acceptors (Lipinski definition) is 3. The largest absolute Gasteiger partial charge is 0.380 e. The van der Waals surface area contributed by atoms with Crippen LogP contribution in [-0.4, -0.2) is 12.6 Å². The van der Waals surface area contributed by atoms with E-state index in [1.54, 1.807) is 0 Å². The van der Waals surface area contributed by atoms with Crippen LogP contribution in [0.15, 0.2) is 22.7 Å². The molecule has 0 heterocycles. The van der Waals surface area contributed by atoms with Crippen LogP contribution in [0.25, 0.3) is 0 Å². The molecule has 1 saturated carbocycles. The third-order valence-corrected chi connectivity index (χ3v) is 3.38. The molecule has 1 unspecified atom stereocenters. The van der Waals surface area contributed by atoms with Gasteiger partial charge >= 0.3 is 0 Å². The Morgan fingerprint density at radius 2 is 2.31 bits per heavy atom. The summed E-state index contributed by atoms with van der Waals surface area (Å²) in [6, 6.07) is 8.10. The summed E-state index contributed by atoms with van der Waals surface area (Å²) < 4.78 is 0.973. The lowest BCUT2D eigenvalue weighted by Crippen LogP contribution is -2.31. The van der Waals surface area contributed by atoms with E-state index < -0.39 is 0 Å². The van der Waals surface area contributed by atoms with E-state index in [2.05, 4.69) is 27.3 Å².